The van der Waals surface area contributed by atoms with Gasteiger partial charge in [-0.25, -0.2) is 0 Å². The van der Waals surface area contributed by atoms with Crippen molar-refractivity contribution in [2.24, 2.45) is 5.92 Å². The summed E-state index contributed by atoms with van der Waals surface area (Å²) in [7, 11) is 0. The largest absolute Gasteiger partial charge is 0.0839 e. The Hall–Kier alpha value is -0.300. The van der Waals surface area contributed by atoms with Crippen LogP contribution in [0.2, 0.25) is 0 Å². The molecule has 1 aromatic carbocycles. The van der Waals surface area contributed by atoms with Crippen LogP contribution in [0, 0.1) is 5.92 Å². The predicted molar refractivity (Wildman–Crippen MR) is 85.9 cm³/mol. The van der Waals surface area contributed by atoms with Gasteiger partial charge in [0.25, 0.3) is 0 Å². The van der Waals surface area contributed by atoms with E-state index in [1.807, 2.05) is 0 Å². The highest BCUT2D eigenvalue weighted by Crippen LogP contribution is 2.37. The van der Waals surface area contributed by atoms with Crippen LogP contribution in [0.5, 0.6) is 0 Å². The lowest BCUT2D eigenvalue weighted by molar-refractivity contribution is 0.427. The molecule has 0 saturated heterocycles. The SMILES string of the molecule is BrC(CC1CCCCCC1)c1ccc2c(c1)CCC2. The molecule has 0 aromatic heterocycles. The molecule has 19 heavy (non-hydrogen) atoms. The Bertz CT molecular complexity index is 416. The van der Waals surface area contributed by atoms with Gasteiger partial charge in [-0.2, -0.15) is 0 Å². The van der Waals surface area contributed by atoms with Crippen molar-refractivity contribution in [1.29, 1.82) is 0 Å². The maximum Gasteiger partial charge on any atom is 0.0398 e. The van der Waals surface area contributed by atoms with Crippen LogP contribution in [0.15, 0.2) is 18.2 Å². The van der Waals surface area contributed by atoms with E-state index in [2.05, 4.69) is 34.1 Å². The summed E-state index contributed by atoms with van der Waals surface area (Å²) < 4.78 is 0. The van der Waals surface area contributed by atoms with Crippen molar-refractivity contribution < 1.29 is 0 Å². The van der Waals surface area contributed by atoms with Crippen LogP contribution in [0.4, 0.5) is 0 Å². The molecule has 0 amide bonds. The Morgan fingerprint density at radius 3 is 2.47 bits per heavy atom. The molecule has 1 heteroatoms. The van der Waals surface area contributed by atoms with E-state index < -0.39 is 0 Å². The maximum absolute atomic E-state index is 3.96. The first-order valence-corrected chi connectivity index (χ1v) is 9.00. The Balaban J connectivity index is 1.64. The van der Waals surface area contributed by atoms with Crippen LogP contribution in [0.25, 0.3) is 0 Å². The van der Waals surface area contributed by atoms with Crippen molar-refractivity contribution in [3.8, 4) is 0 Å². The van der Waals surface area contributed by atoms with E-state index >= 15 is 0 Å². The summed E-state index contributed by atoms with van der Waals surface area (Å²) in [5, 5.41) is 0. The fourth-order valence-corrected chi connectivity index (χ4v) is 4.63. The van der Waals surface area contributed by atoms with Crippen molar-refractivity contribution in [1.82, 2.24) is 0 Å². The normalized spacial score (nSPS) is 21.9. The average Bonchev–Trinajstić information content (AvgIpc) is 2.75. The van der Waals surface area contributed by atoms with Gasteiger partial charge in [0, 0.05) is 4.83 Å². The van der Waals surface area contributed by atoms with E-state index in [-0.39, 0.29) is 0 Å². The highest BCUT2D eigenvalue weighted by atomic mass is 79.9. The van der Waals surface area contributed by atoms with E-state index in [0.717, 1.165) is 5.92 Å². The highest BCUT2D eigenvalue weighted by molar-refractivity contribution is 9.09. The van der Waals surface area contributed by atoms with Crippen LogP contribution in [-0.2, 0) is 12.8 Å². The predicted octanol–water partition coefficient (Wildman–Crippen LogP) is 5.97. The van der Waals surface area contributed by atoms with Gasteiger partial charge in [0.2, 0.25) is 0 Å². The zero-order valence-electron chi connectivity index (χ0n) is 11.8. The van der Waals surface area contributed by atoms with Gasteiger partial charge in [-0.15, -0.1) is 0 Å². The summed E-state index contributed by atoms with van der Waals surface area (Å²) in [6.45, 7) is 0. The van der Waals surface area contributed by atoms with Crippen LogP contribution in [-0.4, -0.2) is 0 Å². The molecule has 0 N–H and O–H groups in total. The summed E-state index contributed by atoms with van der Waals surface area (Å²) in [6, 6.07) is 7.21. The summed E-state index contributed by atoms with van der Waals surface area (Å²) in [5.41, 5.74) is 4.73. The molecule has 0 bridgehead atoms. The molecule has 1 atom stereocenters. The third-order valence-corrected chi connectivity index (χ3v) is 5.90. The van der Waals surface area contributed by atoms with E-state index in [1.54, 1.807) is 11.1 Å². The van der Waals surface area contributed by atoms with Crippen LogP contribution < -0.4 is 0 Å². The van der Waals surface area contributed by atoms with Gasteiger partial charge >= 0.3 is 0 Å². The standard InChI is InChI=1S/C18H25Br/c19-18(12-14-6-3-1-2-4-7-14)17-11-10-15-8-5-9-16(15)13-17/h10-11,13-14,18H,1-9,12H2. The number of alkyl halides is 1. The number of fused-ring (bicyclic) bond motifs is 1. The zero-order chi connectivity index (χ0) is 13.1. The van der Waals surface area contributed by atoms with Gasteiger partial charge in [-0.1, -0.05) is 72.7 Å². The molecule has 0 nitrogen and oxygen atoms in total. The summed E-state index contributed by atoms with van der Waals surface area (Å²) in [4.78, 5) is 0.571. The molecule has 0 spiro atoms. The summed E-state index contributed by atoms with van der Waals surface area (Å²) in [5.74, 6) is 0.945. The molecule has 1 fully saturated rings. The smallest absolute Gasteiger partial charge is 0.0398 e. The fourth-order valence-electron chi connectivity index (χ4n) is 3.81. The molecule has 1 saturated carbocycles. The lowest BCUT2D eigenvalue weighted by Crippen LogP contribution is -2.03. The first kappa shape index (κ1) is 13.7. The second-order valence-corrected chi connectivity index (χ2v) is 7.55. The number of halogens is 1. The summed E-state index contributed by atoms with van der Waals surface area (Å²) in [6.07, 6.45) is 14.0. The first-order chi connectivity index (χ1) is 9.33. The molecule has 0 radical (unpaired) electrons. The van der Waals surface area contributed by atoms with Crippen molar-refractivity contribution >= 4 is 15.9 Å². The third kappa shape index (κ3) is 3.42. The van der Waals surface area contributed by atoms with E-state index in [0.29, 0.717) is 4.83 Å². The van der Waals surface area contributed by atoms with Gasteiger partial charge in [0.15, 0.2) is 0 Å². The topological polar surface area (TPSA) is 0 Å². The minimum atomic E-state index is 0.571. The molecule has 1 unspecified atom stereocenters. The quantitative estimate of drug-likeness (QED) is 0.475. The van der Waals surface area contributed by atoms with Gasteiger partial charge in [-0.05, 0) is 48.3 Å². The Morgan fingerprint density at radius 1 is 0.947 bits per heavy atom. The third-order valence-electron chi connectivity index (χ3n) is 5.00. The number of rotatable bonds is 3. The van der Waals surface area contributed by atoms with Crippen LogP contribution in [0.1, 0.15) is 72.9 Å². The van der Waals surface area contributed by atoms with Crippen molar-refractivity contribution in [2.45, 2.75) is 69.0 Å². The number of hydrogen-bond acceptors (Lipinski definition) is 0. The Labute approximate surface area is 126 Å². The van der Waals surface area contributed by atoms with E-state index in [1.165, 1.54) is 69.8 Å². The molecule has 1 aromatic rings. The maximum atomic E-state index is 3.96. The average molecular weight is 321 g/mol. The molecule has 104 valence electrons. The highest BCUT2D eigenvalue weighted by Gasteiger charge is 2.19. The second-order valence-electron chi connectivity index (χ2n) is 6.44. The lowest BCUT2D eigenvalue weighted by atomic mass is 9.92. The molecule has 0 heterocycles. The molecule has 3 rings (SSSR count). The van der Waals surface area contributed by atoms with Crippen molar-refractivity contribution in [2.75, 3.05) is 0 Å². The number of aryl methyl sites for hydroxylation is 2. The molecule has 2 aliphatic rings. The number of benzene rings is 1. The van der Waals surface area contributed by atoms with Gasteiger partial charge in [0.05, 0.1) is 0 Å². The van der Waals surface area contributed by atoms with Crippen LogP contribution in [0.3, 0.4) is 0 Å². The molecule has 2 aliphatic carbocycles. The molecule has 0 aliphatic heterocycles. The minimum absolute atomic E-state index is 0.571. The van der Waals surface area contributed by atoms with E-state index in [9.17, 15) is 0 Å². The fraction of sp³-hybridized carbons (Fsp3) is 0.667. The Kier molecular flexibility index (Phi) is 4.63. The molecular formula is C18H25Br. The minimum Gasteiger partial charge on any atom is -0.0839 e. The Morgan fingerprint density at radius 2 is 1.68 bits per heavy atom. The van der Waals surface area contributed by atoms with E-state index in [4.69, 9.17) is 0 Å². The monoisotopic (exact) mass is 320 g/mol. The van der Waals surface area contributed by atoms with Crippen LogP contribution >= 0.6 is 15.9 Å². The van der Waals surface area contributed by atoms with Gasteiger partial charge < -0.3 is 0 Å². The lowest BCUT2D eigenvalue weighted by Gasteiger charge is -2.19. The van der Waals surface area contributed by atoms with Crippen molar-refractivity contribution in [3.63, 3.8) is 0 Å². The van der Waals surface area contributed by atoms with Gasteiger partial charge in [0.1, 0.15) is 0 Å². The first-order valence-electron chi connectivity index (χ1n) is 8.09. The second kappa shape index (κ2) is 6.43. The van der Waals surface area contributed by atoms with Gasteiger partial charge in [-0.3, -0.25) is 0 Å². The van der Waals surface area contributed by atoms with Crippen molar-refractivity contribution in [3.05, 3.63) is 34.9 Å². The number of hydrogen-bond donors (Lipinski definition) is 0. The molecular weight excluding hydrogens is 296 g/mol. The zero-order valence-corrected chi connectivity index (χ0v) is 13.4. The summed E-state index contributed by atoms with van der Waals surface area (Å²) >= 11 is 3.96.